The SMILES string of the molecule is c1ccc(CN2C[C@@H]3CC[C@H](C2)N(Cc2cnc(N4CCCC4)s2)C3)nc1. The summed E-state index contributed by atoms with van der Waals surface area (Å²) in [6.45, 7) is 8.05. The van der Waals surface area contributed by atoms with Crippen molar-refractivity contribution in [1.29, 1.82) is 0 Å². The molecule has 0 N–H and O–H groups in total. The Morgan fingerprint density at radius 2 is 1.93 bits per heavy atom. The fourth-order valence-electron chi connectivity index (χ4n) is 4.94. The molecule has 4 fully saturated rings. The lowest BCUT2D eigenvalue weighted by atomic mass is 9.95. The van der Waals surface area contributed by atoms with E-state index < -0.39 is 0 Å². The molecule has 0 saturated carbocycles. The molecule has 2 aromatic rings. The van der Waals surface area contributed by atoms with Gasteiger partial charge in [0.25, 0.3) is 0 Å². The number of aromatic nitrogens is 2. The summed E-state index contributed by atoms with van der Waals surface area (Å²) >= 11 is 1.91. The number of fused-ring (bicyclic) bond motifs is 4. The van der Waals surface area contributed by atoms with Crippen molar-refractivity contribution in [3.63, 3.8) is 0 Å². The van der Waals surface area contributed by atoms with Crippen molar-refractivity contribution in [2.75, 3.05) is 37.6 Å². The topological polar surface area (TPSA) is 35.5 Å². The highest BCUT2D eigenvalue weighted by atomic mass is 32.1. The lowest BCUT2D eigenvalue weighted by Crippen LogP contribution is -2.43. The van der Waals surface area contributed by atoms with Crippen LogP contribution in [0.2, 0.25) is 0 Å². The Balaban J connectivity index is 1.24. The van der Waals surface area contributed by atoms with Gasteiger partial charge in [-0.15, -0.1) is 11.3 Å². The van der Waals surface area contributed by atoms with E-state index in [1.54, 1.807) is 0 Å². The first-order valence-corrected chi connectivity index (χ1v) is 11.2. The molecule has 2 atom stereocenters. The van der Waals surface area contributed by atoms with Crippen molar-refractivity contribution < 1.29 is 0 Å². The normalized spacial score (nSPS) is 26.6. The Labute approximate surface area is 166 Å². The molecule has 4 saturated heterocycles. The molecule has 0 aromatic carbocycles. The Bertz CT molecular complexity index is 742. The number of thiazole rings is 1. The third-order valence-electron chi connectivity index (χ3n) is 6.29. The van der Waals surface area contributed by atoms with Crippen LogP contribution in [0.3, 0.4) is 0 Å². The molecular formula is C21H29N5S. The molecule has 2 aromatic heterocycles. The molecule has 4 aliphatic heterocycles. The second-order valence-electron chi connectivity index (χ2n) is 8.35. The van der Waals surface area contributed by atoms with Gasteiger partial charge in [0.05, 0.1) is 5.69 Å². The lowest BCUT2D eigenvalue weighted by Gasteiger charge is -2.35. The first-order valence-electron chi connectivity index (χ1n) is 10.4. The first kappa shape index (κ1) is 17.6. The van der Waals surface area contributed by atoms with E-state index in [0.717, 1.165) is 19.0 Å². The van der Waals surface area contributed by atoms with Gasteiger partial charge in [0.2, 0.25) is 0 Å². The van der Waals surface area contributed by atoms with Crippen LogP contribution < -0.4 is 4.90 Å². The van der Waals surface area contributed by atoms with Crippen LogP contribution in [0, 0.1) is 5.92 Å². The summed E-state index contributed by atoms with van der Waals surface area (Å²) < 4.78 is 0. The number of hydrogen-bond acceptors (Lipinski definition) is 6. The maximum Gasteiger partial charge on any atom is 0.185 e. The molecule has 2 bridgehead atoms. The zero-order chi connectivity index (χ0) is 18.1. The molecule has 27 heavy (non-hydrogen) atoms. The summed E-state index contributed by atoms with van der Waals surface area (Å²) in [5.74, 6) is 0.790. The molecule has 4 aliphatic rings. The highest BCUT2D eigenvalue weighted by molar-refractivity contribution is 7.15. The molecule has 0 spiro atoms. The molecule has 0 unspecified atom stereocenters. The van der Waals surface area contributed by atoms with Gasteiger partial charge >= 0.3 is 0 Å². The Kier molecular flexibility index (Phi) is 5.12. The predicted molar refractivity (Wildman–Crippen MR) is 110 cm³/mol. The van der Waals surface area contributed by atoms with Crippen molar-refractivity contribution in [3.8, 4) is 0 Å². The van der Waals surface area contributed by atoms with Gasteiger partial charge in [0, 0.05) is 69.1 Å². The number of rotatable bonds is 5. The minimum Gasteiger partial charge on any atom is -0.348 e. The van der Waals surface area contributed by atoms with E-state index in [9.17, 15) is 0 Å². The van der Waals surface area contributed by atoms with Crippen molar-refractivity contribution in [3.05, 3.63) is 41.2 Å². The van der Waals surface area contributed by atoms with E-state index in [0.29, 0.717) is 6.04 Å². The molecule has 0 amide bonds. The zero-order valence-electron chi connectivity index (χ0n) is 16.0. The largest absolute Gasteiger partial charge is 0.348 e. The minimum atomic E-state index is 0.671. The molecular weight excluding hydrogens is 354 g/mol. The Hall–Kier alpha value is -1.50. The molecule has 6 heteroatoms. The van der Waals surface area contributed by atoms with Crippen LogP contribution in [0.15, 0.2) is 30.6 Å². The van der Waals surface area contributed by atoms with Crippen molar-refractivity contribution in [2.45, 2.75) is 44.8 Å². The number of anilines is 1. The molecule has 6 rings (SSSR count). The smallest absolute Gasteiger partial charge is 0.185 e. The van der Waals surface area contributed by atoms with Crippen LogP contribution in [-0.4, -0.2) is 58.5 Å². The average molecular weight is 384 g/mol. The summed E-state index contributed by atoms with van der Waals surface area (Å²) in [4.78, 5) is 18.5. The number of hydrogen-bond donors (Lipinski definition) is 0. The van der Waals surface area contributed by atoms with E-state index in [-0.39, 0.29) is 0 Å². The minimum absolute atomic E-state index is 0.671. The molecule has 0 aliphatic carbocycles. The van der Waals surface area contributed by atoms with Gasteiger partial charge in [-0.05, 0) is 43.7 Å². The predicted octanol–water partition coefficient (Wildman–Crippen LogP) is 3.23. The van der Waals surface area contributed by atoms with Crippen molar-refractivity contribution >= 4 is 16.5 Å². The quantitative estimate of drug-likeness (QED) is 0.792. The van der Waals surface area contributed by atoms with Crippen LogP contribution in [0.25, 0.3) is 0 Å². The second-order valence-corrected chi connectivity index (χ2v) is 9.44. The highest BCUT2D eigenvalue weighted by Crippen LogP contribution is 2.32. The van der Waals surface area contributed by atoms with E-state index in [1.165, 1.54) is 74.1 Å². The van der Waals surface area contributed by atoms with Gasteiger partial charge in [-0.1, -0.05) is 6.07 Å². The first-order chi connectivity index (χ1) is 13.3. The van der Waals surface area contributed by atoms with E-state index in [2.05, 4.69) is 38.0 Å². The third kappa shape index (κ3) is 4.03. The summed E-state index contributed by atoms with van der Waals surface area (Å²) in [5, 5.41) is 1.24. The van der Waals surface area contributed by atoms with E-state index >= 15 is 0 Å². The Morgan fingerprint density at radius 3 is 2.78 bits per heavy atom. The molecule has 5 nitrogen and oxygen atoms in total. The highest BCUT2D eigenvalue weighted by Gasteiger charge is 2.35. The van der Waals surface area contributed by atoms with Gasteiger partial charge < -0.3 is 4.90 Å². The van der Waals surface area contributed by atoms with E-state index in [4.69, 9.17) is 4.98 Å². The summed E-state index contributed by atoms with van der Waals surface area (Å²) in [6.07, 6.45) is 9.38. The van der Waals surface area contributed by atoms with Crippen molar-refractivity contribution in [1.82, 2.24) is 19.8 Å². The third-order valence-corrected chi connectivity index (χ3v) is 7.33. The summed E-state index contributed by atoms with van der Waals surface area (Å²) in [5.41, 5.74) is 1.20. The van der Waals surface area contributed by atoms with Crippen LogP contribution >= 0.6 is 11.3 Å². The van der Waals surface area contributed by atoms with Gasteiger partial charge in [0.15, 0.2) is 5.13 Å². The van der Waals surface area contributed by atoms with Gasteiger partial charge in [-0.3, -0.25) is 14.8 Å². The fourth-order valence-corrected chi connectivity index (χ4v) is 5.93. The number of pyridine rings is 1. The zero-order valence-corrected chi connectivity index (χ0v) is 16.8. The van der Waals surface area contributed by atoms with Gasteiger partial charge in [0.1, 0.15) is 0 Å². The number of piperidine rings is 1. The maximum atomic E-state index is 4.72. The van der Waals surface area contributed by atoms with Crippen LogP contribution in [0.1, 0.15) is 36.3 Å². The van der Waals surface area contributed by atoms with Crippen LogP contribution in [0.4, 0.5) is 5.13 Å². The lowest BCUT2D eigenvalue weighted by molar-refractivity contribution is 0.124. The summed E-state index contributed by atoms with van der Waals surface area (Å²) in [6, 6.07) is 6.93. The number of nitrogens with zero attached hydrogens (tertiary/aromatic N) is 5. The summed E-state index contributed by atoms with van der Waals surface area (Å²) in [7, 11) is 0. The second kappa shape index (κ2) is 7.86. The fraction of sp³-hybridized carbons (Fsp3) is 0.619. The molecule has 0 radical (unpaired) electrons. The monoisotopic (exact) mass is 383 g/mol. The molecule has 6 heterocycles. The standard InChI is InChI=1S/C21H29N5S/c1-2-8-22-18(5-1)14-24-12-17-6-7-19(15-24)26(13-17)16-20-11-23-21(27-20)25-9-3-4-10-25/h1-2,5,8,11,17,19H,3-4,6-7,9-10,12-16H2/t17-,19+/m0/s1. The van der Waals surface area contributed by atoms with Gasteiger partial charge in [-0.25, -0.2) is 4.98 Å². The maximum absolute atomic E-state index is 4.72. The van der Waals surface area contributed by atoms with Crippen molar-refractivity contribution in [2.24, 2.45) is 5.92 Å². The Morgan fingerprint density at radius 1 is 1.00 bits per heavy atom. The van der Waals surface area contributed by atoms with Crippen LogP contribution in [0.5, 0.6) is 0 Å². The van der Waals surface area contributed by atoms with Crippen LogP contribution in [-0.2, 0) is 13.1 Å². The van der Waals surface area contributed by atoms with Gasteiger partial charge in [-0.2, -0.15) is 0 Å². The average Bonchev–Trinajstić information content (AvgIpc) is 3.30. The van der Waals surface area contributed by atoms with E-state index in [1.807, 2.05) is 23.6 Å². The molecule has 144 valence electrons.